The molecule has 0 aliphatic heterocycles. The molecule has 1 aromatic rings. The minimum Gasteiger partial charge on any atom is -0.313 e. The van der Waals surface area contributed by atoms with Crippen molar-refractivity contribution in [3.8, 4) is 0 Å². The molecule has 1 N–H and O–H groups in total. The summed E-state index contributed by atoms with van der Waals surface area (Å²) in [6, 6.07) is 0. The third kappa shape index (κ3) is 1.54. The SMILES string of the molecule is CCc1nc(NC=O)cs1. The van der Waals surface area contributed by atoms with Crippen molar-refractivity contribution in [1.29, 1.82) is 0 Å². The monoisotopic (exact) mass is 156 g/mol. The maximum absolute atomic E-state index is 9.93. The van der Waals surface area contributed by atoms with Crippen molar-refractivity contribution in [3.05, 3.63) is 10.4 Å². The van der Waals surface area contributed by atoms with Crippen molar-refractivity contribution in [2.24, 2.45) is 0 Å². The van der Waals surface area contributed by atoms with Gasteiger partial charge in [0, 0.05) is 5.38 Å². The molecule has 0 aliphatic carbocycles. The van der Waals surface area contributed by atoms with Crippen LogP contribution in [0.1, 0.15) is 11.9 Å². The van der Waals surface area contributed by atoms with E-state index in [4.69, 9.17) is 0 Å². The van der Waals surface area contributed by atoms with E-state index in [0.29, 0.717) is 12.2 Å². The van der Waals surface area contributed by atoms with Crippen LogP contribution in [0.25, 0.3) is 0 Å². The number of carbonyl (C=O) groups excluding carboxylic acids is 1. The molecule has 0 fully saturated rings. The summed E-state index contributed by atoms with van der Waals surface area (Å²) in [5, 5.41) is 5.35. The highest BCUT2D eigenvalue weighted by molar-refractivity contribution is 7.10. The third-order valence-electron chi connectivity index (χ3n) is 1.06. The highest BCUT2D eigenvalue weighted by Crippen LogP contribution is 2.13. The molecule has 0 saturated carbocycles. The van der Waals surface area contributed by atoms with Crippen LogP contribution in [0.5, 0.6) is 0 Å². The van der Waals surface area contributed by atoms with Crippen molar-refractivity contribution in [1.82, 2.24) is 4.98 Å². The van der Waals surface area contributed by atoms with Crippen molar-refractivity contribution in [3.63, 3.8) is 0 Å². The largest absolute Gasteiger partial charge is 0.313 e. The van der Waals surface area contributed by atoms with Gasteiger partial charge in [0.15, 0.2) is 0 Å². The van der Waals surface area contributed by atoms with Gasteiger partial charge in [-0.15, -0.1) is 11.3 Å². The van der Waals surface area contributed by atoms with Crippen LogP contribution in [0.15, 0.2) is 5.38 Å². The summed E-state index contributed by atoms with van der Waals surface area (Å²) in [7, 11) is 0. The lowest BCUT2D eigenvalue weighted by Crippen LogP contribution is -1.93. The van der Waals surface area contributed by atoms with E-state index in [-0.39, 0.29) is 0 Å². The highest BCUT2D eigenvalue weighted by Gasteiger charge is 1.96. The molecule has 0 aliphatic rings. The van der Waals surface area contributed by atoms with Gasteiger partial charge >= 0.3 is 0 Å². The number of nitrogens with zero attached hydrogens (tertiary/aromatic N) is 1. The quantitative estimate of drug-likeness (QED) is 0.670. The van der Waals surface area contributed by atoms with E-state index in [1.165, 1.54) is 0 Å². The highest BCUT2D eigenvalue weighted by atomic mass is 32.1. The number of carbonyl (C=O) groups is 1. The van der Waals surface area contributed by atoms with E-state index in [9.17, 15) is 4.79 Å². The minimum absolute atomic E-state index is 0.633. The first-order valence-electron chi connectivity index (χ1n) is 3.01. The summed E-state index contributed by atoms with van der Waals surface area (Å²) in [6.45, 7) is 2.03. The summed E-state index contributed by atoms with van der Waals surface area (Å²) in [4.78, 5) is 14.0. The van der Waals surface area contributed by atoms with Crippen LogP contribution in [-0.2, 0) is 11.2 Å². The van der Waals surface area contributed by atoms with Crippen molar-refractivity contribution in [2.75, 3.05) is 5.32 Å². The maximum Gasteiger partial charge on any atom is 0.212 e. The summed E-state index contributed by atoms with van der Waals surface area (Å²) in [5.74, 6) is 0.650. The number of aryl methyl sites for hydroxylation is 1. The zero-order valence-corrected chi connectivity index (χ0v) is 6.44. The van der Waals surface area contributed by atoms with Gasteiger partial charge in [0.1, 0.15) is 5.82 Å². The van der Waals surface area contributed by atoms with Gasteiger partial charge < -0.3 is 5.32 Å². The molecule has 54 valence electrons. The molecule has 0 saturated heterocycles. The Hall–Kier alpha value is -0.900. The van der Waals surface area contributed by atoms with Gasteiger partial charge in [-0.1, -0.05) is 6.92 Å². The van der Waals surface area contributed by atoms with Crippen molar-refractivity contribution >= 4 is 23.6 Å². The number of amides is 1. The fourth-order valence-corrected chi connectivity index (χ4v) is 1.29. The molecule has 0 radical (unpaired) electrons. The molecule has 1 amide bonds. The first-order valence-corrected chi connectivity index (χ1v) is 3.89. The maximum atomic E-state index is 9.93. The first-order chi connectivity index (χ1) is 4.86. The summed E-state index contributed by atoms with van der Waals surface area (Å²) in [5.41, 5.74) is 0. The van der Waals surface area contributed by atoms with Crippen molar-refractivity contribution < 1.29 is 4.79 Å². The zero-order valence-electron chi connectivity index (χ0n) is 5.63. The van der Waals surface area contributed by atoms with Crippen LogP contribution < -0.4 is 5.32 Å². The molecular weight excluding hydrogens is 148 g/mol. The first kappa shape index (κ1) is 7.21. The van der Waals surface area contributed by atoms with Gasteiger partial charge in [-0.25, -0.2) is 4.98 Å². The number of hydrogen-bond donors (Lipinski definition) is 1. The normalized spacial score (nSPS) is 9.30. The Kier molecular flexibility index (Phi) is 2.39. The van der Waals surface area contributed by atoms with Crippen LogP contribution in [-0.4, -0.2) is 11.4 Å². The lowest BCUT2D eigenvalue weighted by molar-refractivity contribution is -0.105. The second-order valence-corrected chi connectivity index (χ2v) is 2.68. The standard InChI is InChI=1S/C6H8N2OS/c1-2-6-8-5(3-10-6)7-4-9/h3-4H,2H2,1H3,(H,7,9). The van der Waals surface area contributed by atoms with Crippen LogP contribution in [0, 0.1) is 0 Å². The number of hydrogen-bond acceptors (Lipinski definition) is 3. The van der Waals surface area contributed by atoms with Gasteiger partial charge in [-0.05, 0) is 6.42 Å². The van der Waals surface area contributed by atoms with Crippen LogP contribution in [0.2, 0.25) is 0 Å². The Labute approximate surface area is 63.1 Å². The molecule has 0 spiro atoms. The molecule has 3 nitrogen and oxygen atoms in total. The van der Waals surface area contributed by atoms with Gasteiger partial charge in [0.25, 0.3) is 0 Å². The van der Waals surface area contributed by atoms with Gasteiger partial charge in [-0.2, -0.15) is 0 Å². The molecule has 4 heteroatoms. The zero-order chi connectivity index (χ0) is 7.40. The minimum atomic E-state index is 0.633. The van der Waals surface area contributed by atoms with Crippen LogP contribution in [0.4, 0.5) is 5.82 Å². The Morgan fingerprint density at radius 2 is 2.70 bits per heavy atom. The molecule has 0 bridgehead atoms. The van der Waals surface area contributed by atoms with Crippen molar-refractivity contribution in [2.45, 2.75) is 13.3 Å². The van der Waals surface area contributed by atoms with Crippen LogP contribution >= 0.6 is 11.3 Å². The third-order valence-corrected chi connectivity index (χ3v) is 2.05. The van der Waals surface area contributed by atoms with Gasteiger partial charge in [0.2, 0.25) is 6.41 Å². The van der Waals surface area contributed by atoms with E-state index in [1.807, 2.05) is 12.3 Å². The molecular formula is C6H8N2OS. The predicted molar refractivity (Wildman–Crippen MR) is 41.2 cm³/mol. The summed E-state index contributed by atoms with van der Waals surface area (Å²) >= 11 is 1.56. The molecule has 0 unspecified atom stereocenters. The lowest BCUT2D eigenvalue weighted by atomic mass is 10.5. The number of aromatic nitrogens is 1. The van der Waals surface area contributed by atoms with E-state index >= 15 is 0 Å². The fraction of sp³-hybridized carbons (Fsp3) is 0.333. The Bertz CT molecular complexity index is 221. The Balaban J connectivity index is 2.67. The number of thiazole rings is 1. The molecule has 10 heavy (non-hydrogen) atoms. The molecule has 1 aromatic heterocycles. The lowest BCUT2D eigenvalue weighted by Gasteiger charge is -1.86. The van der Waals surface area contributed by atoms with Gasteiger partial charge in [0.05, 0.1) is 5.01 Å². The average molecular weight is 156 g/mol. The van der Waals surface area contributed by atoms with Gasteiger partial charge in [-0.3, -0.25) is 4.79 Å². The van der Waals surface area contributed by atoms with E-state index in [1.54, 1.807) is 11.3 Å². The molecule has 0 aromatic carbocycles. The number of anilines is 1. The van der Waals surface area contributed by atoms with E-state index < -0.39 is 0 Å². The summed E-state index contributed by atoms with van der Waals surface area (Å²) < 4.78 is 0. The van der Waals surface area contributed by atoms with Crippen LogP contribution in [0.3, 0.4) is 0 Å². The molecule has 1 rings (SSSR count). The molecule has 0 atom stereocenters. The second-order valence-electron chi connectivity index (χ2n) is 1.74. The van der Waals surface area contributed by atoms with E-state index in [2.05, 4.69) is 10.3 Å². The second kappa shape index (κ2) is 3.31. The number of nitrogens with one attached hydrogen (secondary N) is 1. The topological polar surface area (TPSA) is 42.0 Å². The van der Waals surface area contributed by atoms with E-state index in [0.717, 1.165) is 11.4 Å². The smallest absolute Gasteiger partial charge is 0.212 e. The Morgan fingerprint density at radius 1 is 1.90 bits per heavy atom. The number of rotatable bonds is 3. The summed E-state index contributed by atoms with van der Waals surface area (Å²) in [6.07, 6.45) is 1.56. The molecule has 1 heterocycles. The predicted octanol–water partition coefficient (Wildman–Crippen LogP) is 1.27. The Morgan fingerprint density at radius 3 is 3.20 bits per heavy atom. The fourth-order valence-electron chi connectivity index (χ4n) is 0.600. The average Bonchev–Trinajstić information content (AvgIpc) is 2.37.